The minimum absolute atomic E-state index is 0.179. The number of hydrogen-bond acceptors (Lipinski definition) is 3. The standard InChI is InChI=1S/C20H13BrFNO3S/c21-13-8-11(6-7-14(13)22)12-9-15(24)23-17-16(10-4-2-1-3-5-10)19(20(25)26)27-18(12)17/h1-8,12H,9H2,(H,23,24)(H,25,26)/t12-/m0/s1. The summed E-state index contributed by atoms with van der Waals surface area (Å²) in [6.45, 7) is 0. The molecule has 1 aromatic heterocycles. The molecule has 0 spiro atoms. The van der Waals surface area contributed by atoms with E-state index in [9.17, 15) is 19.1 Å². The van der Waals surface area contributed by atoms with Gasteiger partial charge < -0.3 is 10.4 Å². The van der Waals surface area contributed by atoms with Gasteiger partial charge in [-0.3, -0.25) is 4.79 Å². The van der Waals surface area contributed by atoms with Gasteiger partial charge >= 0.3 is 5.97 Å². The number of aromatic carboxylic acids is 1. The molecule has 0 saturated carbocycles. The van der Waals surface area contributed by atoms with E-state index in [4.69, 9.17) is 0 Å². The molecule has 0 aliphatic carbocycles. The molecule has 3 aromatic rings. The average Bonchev–Trinajstić information content (AvgIpc) is 3.03. The monoisotopic (exact) mass is 445 g/mol. The second-order valence-corrected chi connectivity index (χ2v) is 8.10. The Morgan fingerprint density at radius 2 is 1.96 bits per heavy atom. The zero-order valence-corrected chi connectivity index (χ0v) is 16.2. The summed E-state index contributed by atoms with van der Waals surface area (Å²) in [6.07, 6.45) is 0.179. The predicted molar refractivity (Wildman–Crippen MR) is 106 cm³/mol. The summed E-state index contributed by atoms with van der Waals surface area (Å²) in [5.74, 6) is -1.95. The lowest BCUT2D eigenvalue weighted by molar-refractivity contribution is -0.116. The average molecular weight is 446 g/mol. The van der Waals surface area contributed by atoms with Crippen LogP contribution in [0, 0.1) is 5.82 Å². The van der Waals surface area contributed by atoms with Gasteiger partial charge in [0, 0.05) is 22.8 Å². The van der Waals surface area contributed by atoms with Gasteiger partial charge in [0.15, 0.2) is 0 Å². The molecule has 0 radical (unpaired) electrons. The second kappa shape index (κ2) is 6.90. The van der Waals surface area contributed by atoms with Crippen molar-refractivity contribution in [3.05, 3.63) is 74.1 Å². The molecule has 0 fully saturated rings. The van der Waals surface area contributed by atoms with Gasteiger partial charge in [0.1, 0.15) is 10.7 Å². The van der Waals surface area contributed by atoms with Crippen LogP contribution in [0.25, 0.3) is 11.1 Å². The molecule has 0 unspecified atom stereocenters. The quantitative estimate of drug-likeness (QED) is 0.559. The number of rotatable bonds is 3. The Bertz CT molecular complexity index is 1060. The number of carboxylic acid groups (broad SMARTS) is 1. The lowest BCUT2D eigenvalue weighted by Gasteiger charge is -2.24. The molecule has 2 aromatic carbocycles. The van der Waals surface area contributed by atoms with E-state index in [0.717, 1.165) is 27.3 Å². The normalized spacial score (nSPS) is 15.9. The van der Waals surface area contributed by atoms with Crippen molar-refractivity contribution in [3.8, 4) is 11.1 Å². The van der Waals surface area contributed by atoms with Gasteiger partial charge in [0.25, 0.3) is 0 Å². The lowest BCUT2D eigenvalue weighted by Crippen LogP contribution is -2.22. The molecule has 1 aliphatic rings. The fourth-order valence-corrected chi connectivity index (χ4v) is 4.96. The molecule has 1 atom stereocenters. The smallest absolute Gasteiger partial charge is 0.346 e. The zero-order chi connectivity index (χ0) is 19.1. The van der Waals surface area contributed by atoms with E-state index in [2.05, 4.69) is 21.2 Å². The molecule has 2 heterocycles. The van der Waals surface area contributed by atoms with Crippen molar-refractivity contribution in [2.24, 2.45) is 0 Å². The van der Waals surface area contributed by atoms with Crippen molar-refractivity contribution in [1.82, 2.24) is 0 Å². The Balaban J connectivity index is 1.94. The Morgan fingerprint density at radius 1 is 1.22 bits per heavy atom. The summed E-state index contributed by atoms with van der Waals surface area (Å²) in [4.78, 5) is 25.2. The molecule has 2 N–H and O–H groups in total. The van der Waals surface area contributed by atoms with Crippen LogP contribution in [0.5, 0.6) is 0 Å². The Labute approximate surface area is 166 Å². The highest BCUT2D eigenvalue weighted by Gasteiger charge is 2.34. The van der Waals surface area contributed by atoms with Crippen LogP contribution in [-0.2, 0) is 4.79 Å². The van der Waals surface area contributed by atoms with Crippen LogP contribution in [0.2, 0.25) is 0 Å². The van der Waals surface area contributed by atoms with Crippen LogP contribution in [-0.4, -0.2) is 17.0 Å². The minimum Gasteiger partial charge on any atom is -0.477 e. The third-order valence-corrected chi connectivity index (χ3v) is 6.41. The molecule has 4 rings (SSSR count). The summed E-state index contributed by atoms with van der Waals surface area (Å²) >= 11 is 4.34. The predicted octanol–water partition coefficient (Wildman–Crippen LogP) is 5.49. The first-order chi connectivity index (χ1) is 13.0. The summed E-state index contributed by atoms with van der Waals surface area (Å²) < 4.78 is 13.9. The Hall–Kier alpha value is -2.51. The number of carbonyl (C=O) groups is 2. The third kappa shape index (κ3) is 3.17. The second-order valence-electron chi connectivity index (χ2n) is 6.20. The van der Waals surface area contributed by atoms with Crippen LogP contribution >= 0.6 is 27.3 Å². The molecular formula is C20H13BrFNO3S. The van der Waals surface area contributed by atoms with E-state index in [1.165, 1.54) is 6.07 Å². The molecule has 4 nitrogen and oxygen atoms in total. The van der Waals surface area contributed by atoms with Crippen LogP contribution in [0.3, 0.4) is 0 Å². The number of amides is 1. The summed E-state index contributed by atoms with van der Waals surface area (Å²) in [5, 5.41) is 12.6. The number of carboxylic acids is 1. The SMILES string of the molecule is O=C1C[C@@H](c2ccc(F)c(Br)c2)c2sc(C(=O)O)c(-c3ccccc3)c2N1. The van der Waals surface area contributed by atoms with Gasteiger partial charge in [-0.05, 0) is 39.2 Å². The van der Waals surface area contributed by atoms with Crippen LogP contribution in [0.4, 0.5) is 10.1 Å². The molecular weight excluding hydrogens is 433 g/mol. The molecule has 0 saturated heterocycles. The van der Waals surface area contributed by atoms with Crippen molar-refractivity contribution in [2.45, 2.75) is 12.3 Å². The first kappa shape index (κ1) is 17.9. The summed E-state index contributed by atoms with van der Waals surface area (Å²) in [6, 6.07) is 13.8. The highest BCUT2D eigenvalue weighted by molar-refractivity contribution is 9.10. The largest absolute Gasteiger partial charge is 0.477 e. The maximum Gasteiger partial charge on any atom is 0.346 e. The van der Waals surface area contributed by atoms with Crippen molar-refractivity contribution < 1.29 is 19.1 Å². The van der Waals surface area contributed by atoms with E-state index in [1.807, 2.05) is 30.3 Å². The Morgan fingerprint density at radius 3 is 2.63 bits per heavy atom. The highest BCUT2D eigenvalue weighted by Crippen LogP contribution is 2.49. The molecule has 136 valence electrons. The number of nitrogens with one attached hydrogen (secondary N) is 1. The lowest BCUT2D eigenvalue weighted by atomic mass is 9.88. The van der Waals surface area contributed by atoms with Gasteiger partial charge in [-0.15, -0.1) is 11.3 Å². The molecule has 0 bridgehead atoms. The van der Waals surface area contributed by atoms with E-state index in [1.54, 1.807) is 12.1 Å². The van der Waals surface area contributed by atoms with Crippen LogP contribution in [0.1, 0.15) is 32.5 Å². The van der Waals surface area contributed by atoms with E-state index < -0.39 is 5.97 Å². The van der Waals surface area contributed by atoms with Crippen LogP contribution in [0.15, 0.2) is 53.0 Å². The molecule has 27 heavy (non-hydrogen) atoms. The van der Waals surface area contributed by atoms with Gasteiger partial charge in [0.2, 0.25) is 5.91 Å². The van der Waals surface area contributed by atoms with Crippen molar-refractivity contribution in [2.75, 3.05) is 5.32 Å². The number of halogens is 2. The number of benzene rings is 2. The maximum absolute atomic E-state index is 13.6. The Kier molecular flexibility index (Phi) is 4.57. The van der Waals surface area contributed by atoms with Crippen molar-refractivity contribution >= 4 is 44.8 Å². The summed E-state index contributed by atoms with van der Waals surface area (Å²) in [7, 11) is 0. The van der Waals surface area contributed by atoms with Gasteiger partial charge in [-0.1, -0.05) is 36.4 Å². The van der Waals surface area contributed by atoms with E-state index in [-0.39, 0.29) is 28.9 Å². The van der Waals surface area contributed by atoms with Gasteiger partial charge in [0.05, 0.1) is 10.2 Å². The number of thiophene rings is 1. The third-order valence-electron chi connectivity index (χ3n) is 4.51. The van der Waals surface area contributed by atoms with Gasteiger partial charge in [-0.2, -0.15) is 0 Å². The zero-order valence-electron chi connectivity index (χ0n) is 13.8. The first-order valence-electron chi connectivity index (χ1n) is 8.16. The number of hydrogen-bond donors (Lipinski definition) is 2. The van der Waals surface area contributed by atoms with Crippen molar-refractivity contribution in [3.63, 3.8) is 0 Å². The molecule has 1 aliphatic heterocycles. The number of fused-ring (bicyclic) bond motifs is 1. The number of carbonyl (C=O) groups excluding carboxylic acids is 1. The maximum atomic E-state index is 13.6. The topological polar surface area (TPSA) is 66.4 Å². The highest BCUT2D eigenvalue weighted by atomic mass is 79.9. The van der Waals surface area contributed by atoms with E-state index >= 15 is 0 Å². The van der Waals surface area contributed by atoms with E-state index in [0.29, 0.717) is 15.7 Å². The van der Waals surface area contributed by atoms with Gasteiger partial charge in [-0.25, -0.2) is 9.18 Å². The van der Waals surface area contributed by atoms with Crippen molar-refractivity contribution in [1.29, 1.82) is 0 Å². The minimum atomic E-state index is -1.04. The number of anilines is 1. The molecule has 7 heteroatoms. The fourth-order valence-electron chi connectivity index (χ4n) is 3.32. The summed E-state index contributed by atoms with van der Waals surface area (Å²) in [5.41, 5.74) is 2.54. The van der Waals surface area contributed by atoms with Crippen LogP contribution < -0.4 is 5.32 Å². The first-order valence-corrected chi connectivity index (χ1v) is 9.77. The molecule has 1 amide bonds. The fraction of sp³-hybridized carbons (Fsp3) is 0.100.